The minimum atomic E-state index is -0.368. The van der Waals surface area contributed by atoms with Crippen molar-refractivity contribution in [3.8, 4) is 5.75 Å². The van der Waals surface area contributed by atoms with Crippen LogP contribution in [0.3, 0.4) is 0 Å². The zero-order valence-electron chi connectivity index (χ0n) is 11.4. The predicted molar refractivity (Wildman–Crippen MR) is 93.5 cm³/mol. The largest absolute Gasteiger partial charge is 0.508 e. The smallest absolute Gasteiger partial charge is 0.237 e. The molecule has 2 aromatic rings. The molecule has 0 heterocycles. The second kappa shape index (κ2) is 7.47. The minimum Gasteiger partial charge on any atom is -0.508 e. The Balaban J connectivity index is 2.07. The number of phenolic OH excluding ortho intramolecular Hbond substituents is 1. The van der Waals surface area contributed by atoms with E-state index in [9.17, 15) is 9.90 Å². The topological polar surface area (TPSA) is 49.3 Å². The lowest BCUT2D eigenvalue weighted by molar-refractivity contribution is -0.115. The van der Waals surface area contributed by atoms with Crippen LogP contribution >= 0.6 is 46.6 Å². The molecule has 2 rings (SSSR count). The van der Waals surface area contributed by atoms with E-state index < -0.39 is 0 Å². The molecule has 0 bridgehead atoms. The molecule has 0 aromatic heterocycles. The molecule has 0 spiro atoms. The maximum atomic E-state index is 12.2. The van der Waals surface area contributed by atoms with Gasteiger partial charge in [0.2, 0.25) is 5.91 Å². The number of carbonyl (C=O) groups is 1. The van der Waals surface area contributed by atoms with E-state index in [1.807, 2.05) is 0 Å². The number of aromatic hydroxyl groups is 1. The maximum Gasteiger partial charge on any atom is 0.237 e. The molecular formula is C15H12Cl3NO2S. The van der Waals surface area contributed by atoms with Crippen LogP contribution in [0, 0.1) is 0 Å². The van der Waals surface area contributed by atoms with E-state index in [1.165, 1.54) is 23.9 Å². The Morgan fingerprint density at radius 2 is 1.68 bits per heavy atom. The van der Waals surface area contributed by atoms with Crippen molar-refractivity contribution >= 4 is 58.2 Å². The number of rotatable bonds is 4. The van der Waals surface area contributed by atoms with E-state index in [2.05, 4.69) is 5.32 Å². The van der Waals surface area contributed by atoms with E-state index in [0.717, 1.165) is 4.90 Å². The third-order valence-electron chi connectivity index (χ3n) is 2.77. The van der Waals surface area contributed by atoms with E-state index in [4.69, 9.17) is 34.8 Å². The molecule has 1 amide bonds. The zero-order valence-corrected chi connectivity index (χ0v) is 14.5. The first kappa shape index (κ1) is 17.3. The van der Waals surface area contributed by atoms with Crippen molar-refractivity contribution in [2.75, 3.05) is 5.32 Å². The fourth-order valence-electron chi connectivity index (χ4n) is 1.67. The molecule has 0 radical (unpaired) electrons. The molecule has 0 saturated heterocycles. The van der Waals surface area contributed by atoms with Gasteiger partial charge < -0.3 is 10.4 Å². The highest BCUT2D eigenvalue weighted by molar-refractivity contribution is 8.00. The van der Waals surface area contributed by atoms with Crippen LogP contribution in [0.1, 0.15) is 6.92 Å². The molecule has 22 heavy (non-hydrogen) atoms. The molecule has 1 atom stereocenters. The molecule has 0 saturated carbocycles. The van der Waals surface area contributed by atoms with Gasteiger partial charge in [-0.15, -0.1) is 11.8 Å². The number of thioether (sulfide) groups is 1. The van der Waals surface area contributed by atoms with Crippen LogP contribution in [0.25, 0.3) is 0 Å². The van der Waals surface area contributed by atoms with Crippen LogP contribution in [-0.2, 0) is 4.79 Å². The van der Waals surface area contributed by atoms with Gasteiger partial charge in [0, 0.05) is 9.92 Å². The summed E-state index contributed by atoms with van der Waals surface area (Å²) in [5.41, 5.74) is 0.343. The van der Waals surface area contributed by atoms with E-state index in [1.54, 1.807) is 31.2 Å². The number of amides is 1. The quantitative estimate of drug-likeness (QED) is 0.695. The SMILES string of the molecule is CC(Sc1ccc(O)cc1)C(=O)Nc1c(Cl)cc(Cl)cc1Cl. The van der Waals surface area contributed by atoms with Gasteiger partial charge in [-0.1, -0.05) is 34.8 Å². The molecule has 0 fully saturated rings. The lowest BCUT2D eigenvalue weighted by Gasteiger charge is -2.14. The average molecular weight is 377 g/mol. The highest BCUT2D eigenvalue weighted by Gasteiger charge is 2.17. The van der Waals surface area contributed by atoms with Crippen molar-refractivity contribution < 1.29 is 9.90 Å². The first-order valence-corrected chi connectivity index (χ1v) is 8.29. The Hall–Kier alpha value is -1.07. The molecule has 0 aliphatic heterocycles. The van der Waals surface area contributed by atoms with E-state index in [0.29, 0.717) is 10.7 Å². The number of carbonyl (C=O) groups excluding carboxylic acids is 1. The van der Waals surface area contributed by atoms with E-state index >= 15 is 0 Å². The van der Waals surface area contributed by atoms with Gasteiger partial charge >= 0.3 is 0 Å². The average Bonchev–Trinajstić information content (AvgIpc) is 2.45. The number of halogens is 3. The Morgan fingerprint density at radius 3 is 2.23 bits per heavy atom. The Bertz CT molecular complexity index is 669. The van der Waals surface area contributed by atoms with Crippen molar-refractivity contribution in [1.82, 2.24) is 0 Å². The fourth-order valence-corrected chi connectivity index (χ4v) is 3.45. The van der Waals surface area contributed by atoms with Gasteiger partial charge in [-0.05, 0) is 43.3 Å². The van der Waals surface area contributed by atoms with Crippen LogP contribution in [-0.4, -0.2) is 16.3 Å². The predicted octanol–water partition coefficient (Wildman–Crippen LogP) is 5.47. The minimum absolute atomic E-state index is 0.182. The molecule has 3 nitrogen and oxygen atoms in total. The standard InChI is InChI=1S/C15H12Cl3NO2S/c1-8(22-11-4-2-10(20)3-5-11)15(21)19-14-12(17)6-9(16)7-13(14)18/h2-8,20H,1H3,(H,19,21). The molecule has 2 N–H and O–H groups in total. The van der Waals surface area contributed by atoms with Gasteiger partial charge in [-0.2, -0.15) is 0 Å². The lowest BCUT2D eigenvalue weighted by Crippen LogP contribution is -2.22. The molecule has 1 unspecified atom stereocenters. The van der Waals surface area contributed by atoms with Crippen molar-refractivity contribution in [1.29, 1.82) is 0 Å². The van der Waals surface area contributed by atoms with Crippen LogP contribution in [0.5, 0.6) is 5.75 Å². The van der Waals surface area contributed by atoms with Crippen LogP contribution in [0.2, 0.25) is 15.1 Å². The Morgan fingerprint density at radius 1 is 1.14 bits per heavy atom. The number of nitrogens with one attached hydrogen (secondary N) is 1. The van der Waals surface area contributed by atoms with Gasteiger partial charge in [0.15, 0.2) is 0 Å². The molecule has 2 aromatic carbocycles. The second-order valence-corrected chi connectivity index (χ2v) is 7.15. The van der Waals surface area contributed by atoms with Crippen molar-refractivity contribution in [2.45, 2.75) is 17.1 Å². The summed E-state index contributed by atoms with van der Waals surface area (Å²) in [5.74, 6) is -0.0506. The lowest BCUT2D eigenvalue weighted by atomic mass is 10.3. The Labute approximate surface area is 147 Å². The number of anilines is 1. The highest BCUT2D eigenvalue weighted by atomic mass is 35.5. The van der Waals surface area contributed by atoms with Crippen molar-refractivity contribution in [3.05, 3.63) is 51.5 Å². The number of hydrogen-bond donors (Lipinski definition) is 2. The van der Waals surface area contributed by atoms with Crippen LogP contribution in [0.4, 0.5) is 5.69 Å². The summed E-state index contributed by atoms with van der Waals surface area (Å²) in [4.78, 5) is 13.1. The molecule has 0 aliphatic carbocycles. The third-order valence-corrected chi connectivity index (χ3v) is 4.70. The summed E-state index contributed by atoms with van der Waals surface area (Å²) < 4.78 is 0. The maximum absolute atomic E-state index is 12.2. The van der Waals surface area contributed by atoms with Gasteiger partial charge in [-0.25, -0.2) is 0 Å². The van der Waals surface area contributed by atoms with Crippen LogP contribution < -0.4 is 5.32 Å². The highest BCUT2D eigenvalue weighted by Crippen LogP contribution is 2.34. The Kier molecular flexibility index (Phi) is 5.87. The number of phenols is 1. The number of hydrogen-bond acceptors (Lipinski definition) is 3. The van der Waals surface area contributed by atoms with E-state index in [-0.39, 0.29) is 27.0 Å². The monoisotopic (exact) mass is 375 g/mol. The summed E-state index contributed by atoms with van der Waals surface area (Å²) in [7, 11) is 0. The molecular weight excluding hydrogens is 365 g/mol. The van der Waals surface area contributed by atoms with Gasteiger partial charge in [0.25, 0.3) is 0 Å². The zero-order chi connectivity index (χ0) is 16.3. The fraction of sp³-hybridized carbons (Fsp3) is 0.133. The van der Waals surface area contributed by atoms with Gasteiger partial charge in [0.1, 0.15) is 5.75 Å². The first-order chi connectivity index (χ1) is 10.4. The van der Waals surface area contributed by atoms with Crippen molar-refractivity contribution in [3.63, 3.8) is 0 Å². The summed E-state index contributed by atoms with van der Waals surface area (Å²) in [6, 6.07) is 9.66. The third kappa shape index (κ3) is 4.46. The summed E-state index contributed by atoms with van der Waals surface area (Å²) in [5, 5.41) is 12.6. The second-order valence-electron chi connectivity index (χ2n) is 4.49. The van der Waals surface area contributed by atoms with Gasteiger partial charge in [0.05, 0.1) is 21.0 Å². The normalized spacial score (nSPS) is 12.0. The van der Waals surface area contributed by atoms with Crippen molar-refractivity contribution in [2.24, 2.45) is 0 Å². The molecule has 7 heteroatoms. The molecule has 116 valence electrons. The van der Waals surface area contributed by atoms with Gasteiger partial charge in [-0.3, -0.25) is 4.79 Å². The molecule has 0 aliphatic rings. The van der Waals surface area contributed by atoms with Crippen LogP contribution in [0.15, 0.2) is 41.3 Å². The summed E-state index contributed by atoms with van der Waals surface area (Å²) >= 11 is 19.3. The summed E-state index contributed by atoms with van der Waals surface area (Å²) in [6.07, 6.45) is 0. The summed E-state index contributed by atoms with van der Waals surface area (Å²) in [6.45, 7) is 1.77. The number of benzene rings is 2. The first-order valence-electron chi connectivity index (χ1n) is 6.28.